The van der Waals surface area contributed by atoms with Crippen molar-refractivity contribution in [3.05, 3.63) is 53.7 Å². The predicted molar refractivity (Wildman–Crippen MR) is 102 cm³/mol. The van der Waals surface area contributed by atoms with Crippen molar-refractivity contribution in [2.45, 2.75) is 6.18 Å². The van der Waals surface area contributed by atoms with Gasteiger partial charge in [-0.3, -0.25) is 4.79 Å². The zero-order valence-corrected chi connectivity index (χ0v) is 15.2. The molecule has 4 aromatic rings. The Kier molecular flexibility index (Phi) is 4.89. The Balaban J connectivity index is 0.00000240. The summed E-state index contributed by atoms with van der Waals surface area (Å²) in [5, 5.41) is 0.446. The molecule has 0 saturated carbocycles. The van der Waals surface area contributed by atoms with Crippen LogP contribution in [0.1, 0.15) is 16.1 Å². The van der Waals surface area contributed by atoms with Crippen molar-refractivity contribution in [2.24, 2.45) is 5.73 Å². The number of carbonyl (C=O) groups is 1. The van der Waals surface area contributed by atoms with E-state index in [1.54, 1.807) is 24.3 Å². The molecule has 29 heavy (non-hydrogen) atoms. The van der Waals surface area contributed by atoms with Gasteiger partial charge in [-0.1, -0.05) is 0 Å². The van der Waals surface area contributed by atoms with E-state index in [0.717, 1.165) is 6.07 Å². The summed E-state index contributed by atoms with van der Waals surface area (Å²) in [6.45, 7) is 0. The number of aromatic amines is 1. The number of nitrogens with two attached hydrogens (primary N) is 1. The number of nitrogens with one attached hydrogen (secondary N) is 1. The second-order valence-electron chi connectivity index (χ2n) is 6.09. The minimum atomic E-state index is -4.57. The fraction of sp³-hybridized carbons (Fsp3) is 0.105. The minimum Gasteiger partial charge on any atom is -0.494 e. The molecule has 7 nitrogen and oxygen atoms in total. The number of pyridine rings is 1. The number of benzene rings is 2. The monoisotopic (exact) mass is 403 g/mol. The number of hydrogen-bond donors (Lipinski definition) is 3. The zero-order chi connectivity index (χ0) is 20.1. The van der Waals surface area contributed by atoms with Gasteiger partial charge in [-0.15, -0.1) is 0 Å². The molecule has 0 radical (unpaired) electrons. The number of carbonyl (C=O) groups excluding carboxylic acids is 1. The zero-order valence-electron chi connectivity index (χ0n) is 15.2. The van der Waals surface area contributed by atoms with Crippen LogP contribution in [0.2, 0.25) is 0 Å². The Bertz CT molecular complexity index is 1230. The van der Waals surface area contributed by atoms with Crippen LogP contribution in [0.4, 0.5) is 13.2 Å². The van der Waals surface area contributed by atoms with Crippen molar-refractivity contribution in [3.8, 4) is 17.1 Å². The summed E-state index contributed by atoms with van der Waals surface area (Å²) >= 11 is 0. The number of primary amides is 1. The number of ether oxygens (including phenoxy) is 1. The van der Waals surface area contributed by atoms with Gasteiger partial charge in [-0.2, -0.15) is 13.2 Å². The SMILES string of the molecule is COc1ccc(-c2nc3ccc(C(N)=O)cc3[nH]2)c2ccc(C(F)(F)F)nc12.N. The van der Waals surface area contributed by atoms with E-state index in [2.05, 4.69) is 15.0 Å². The van der Waals surface area contributed by atoms with Crippen LogP contribution in [-0.2, 0) is 6.18 Å². The first-order valence-electron chi connectivity index (χ1n) is 8.13. The average molecular weight is 403 g/mol. The first-order valence-corrected chi connectivity index (χ1v) is 8.13. The van der Waals surface area contributed by atoms with Gasteiger partial charge < -0.3 is 21.6 Å². The van der Waals surface area contributed by atoms with Crippen molar-refractivity contribution in [1.82, 2.24) is 21.1 Å². The Morgan fingerprint density at radius 1 is 1.10 bits per heavy atom. The first-order chi connectivity index (χ1) is 13.3. The van der Waals surface area contributed by atoms with Gasteiger partial charge in [0.2, 0.25) is 5.91 Å². The van der Waals surface area contributed by atoms with Gasteiger partial charge in [0.05, 0.1) is 18.1 Å². The van der Waals surface area contributed by atoms with Gasteiger partial charge in [0.1, 0.15) is 22.8 Å². The molecule has 1 amide bonds. The number of nitrogens with zero attached hydrogens (tertiary/aromatic N) is 2. The molecule has 0 aliphatic rings. The molecule has 0 aliphatic carbocycles. The lowest BCUT2D eigenvalue weighted by Gasteiger charge is -2.11. The number of H-pyrrole nitrogens is 1. The average Bonchev–Trinajstić information content (AvgIpc) is 3.08. The summed E-state index contributed by atoms with van der Waals surface area (Å²) < 4.78 is 44.3. The highest BCUT2D eigenvalue weighted by Gasteiger charge is 2.33. The molecular weight excluding hydrogens is 387 g/mol. The van der Waals surface area contributed by atoms with Crippen LogP contribution in [0.3, 0.4) is 0 Å². The van der Waals surface area contributed by atoms with Crippen LogP contribution in [-0.4, -0.2) is 28.0 Å². The van der Waals surface area contributed by atoms with Gasteiger partial charge in [0.15, 0.2) is 0 Å². The fourth-order valence-electron chi connectivity index (χ4n) is 3.01. The number of fused-ring (bicyclic) bond motifs is 2. The molecule has 2 aromatic heterocycles. The molecule has 0 saturated heterocycles. The number of rotatable bonds is 3. The lowest BCUT2D eigenvalue weighted by molar-refractivity contribution is -0.140. The van der Waals surface area contributed by atoms with E-state index in [9.17, 15) is 18.0 Å². The Labute approximate surface area is 162 Å². The van der Waals surface area contributed by atoms with Crippen LogP contribution in [0.25, 0.3) is 33.3 Å². The fourth-order valence-corrected chi connectivity index (χ4v) is 3.01. The molecule has 0 atom stereocenters. The van der Waals surface area contributed by atoms with E-state index >= 15 is 0 Å². The van der Waals surface area contributed by atoms with Gasteiger partial charge in [-0.05, 0) is 42.5 Å². The second-order valence-corrected chi connectivity index (χ2v) is 6.09. The summed E-state index contributed by atoms with van der Waals surface area (Å²) in [5.74, 6) is 0.0691. The van der Waals surface area contributed by atoms with Crippen LogP contribution >= 0.6 is 0 Å². The number of halogens is 3. The van der Waals surface area contributed by atoms with Crippen LogP contribution < -0.4 is 16.6 Å². The minimum absolute atomic E-state index is 0. The molecule has 0 fully saturated rings. The Hall–Kier alpha value is -3.66. The van der Waals surface area contributed by atoms with Gasteiger partial charge in [0, 0.05) is 16.5 Å². The topological polar surface area (TPSA) is 129 Å². The Morgan fingerprint density at radius 2 is 1.86 bits per heavy atom. The lowest BCUT2D eigenvalue weighted by Crippen LogP contribution is -2.10. The number of alkyl halides is 3. The second kappa shape index (κ2) is 7.06. The molecule has 10 heteroatoms. The molecule has 0 bridgehead atoms. The van der Waals surface area contributed by atoms with E-state index in [-0.39, 0.29) is 17.4 Å². The van der Waals surface area contributed by atoms with E-state index in [4.69, 9.17) is 10.5 Å². The third-order valence-electron chi connectivity index (χ3n) is 4.35. The van der Waals surface area contributed by atoms with Crippen LogP contribution in [0, 0.1) is 0 Å². The highest BCUT2D eigenvalue weighted by molar-refractivity contribution is 5.99. The Morgan fingerprint density at radius 3 is 2.52 bits per heavy atom. The first kappa shape index (κ1) is 20.1. The van der Waals surface area contributed by atoms with Crippen LogP contribution in [0.15, 0.2) is 42.5 Å². The third kappa shape index (κ3) is 3.45. The predicted octanol–water partition coefficient (Wildman–Crippen LogP) is 4.07. The number of hydrogen-bond acceptors (Lipinski definition) is 5. The standard InChI is InChI=1S/C19H13F3N4O2.H3N/c1-28-14-6-3-11(10-4-7-15(19(20,21)22)26-16(10)14)18-24-12-5-2-9(17(23)27)8-13(12)25-18;/h2-8H,1H3,(H2,23,27)(H,24,25);1H3. The maximum absolute atomic E-state index is 13.1. The highest BCUT2D eigenvalue weighted by atomic mass is 19.4. The largest absolute Gasteiger partial charge is 0.494 e. The summed E-state index contributed by atoms with van der Waals surface area (Å²) in [7, 11) is 1.36. The van der Waals surface area contributed by atoms with E-state index in [0.29, 0.717) is 33.4 Å². The van der Waals surface area contributed by atoms with Gasteiger partial charge >= 0.3 is 6.18 Å². The van der Waals surface area contributed by atoms with E-state index in [1.807, 2.05) is 0 Å². The summed E-state index contributed by atoms with van der Waals surface area (Å²) in [5.41, 5.74) is 6.39. The van der Waals surface area contributed by atoms with Gasteiger partial charge in [-0.25, -0.2) is 9.97 Å². The molecule has 0 aliphatic heterocycles. The number of amides is 1. The number of methoxy groups -OCH3 is 1. The van der Waals surface area contributed by atoms with E-state index < -0.39 is 17.8 Å². The van der Waals surface area contributed by atoms with Crippen LogP contribution in [0.5, 0.6) is 5.75 Å². The van der Waals surface area contributed by atoms with E-state index in [1.165, 1.54) is 19.2 Å². The van der Waals surface area contributed by atoms with Crippen molar-refractivity contribution in [1.29, 1.82) is 0 Å². The quantitative estimate of drug-likeness (QED) is 0.475. The van der Waals surface area contributed by atoms with Gasteiger partial charge in [0.25, 0.3) is 0 Å². The van der Waals surface area contributed by atoms with Crippen molar-refractivity contribution in [3.63, 3.8) is 0 Å². The molecule has 4 rings (SSSR count). The summed E-state index contributed by atoms with van der Waals surface area (Å²) in [4.78, 5) is 22.6. The number of aromatic nitrogens is 3. The normalized spacial score (nSPS) is 11.4. The lowest BCUT2D eigenvalue weighted by atomic mass is 10.1. The molecular formula is C19H16F3N5O2. The summed E-state index contributed by atoms with van der Waals surface area (Å²) in [6, 6.07) is 10.2. The molecule has 2 heterocycles. The maximum atomic E-state index is 13.1. The van der Waals surface area contributed by atoms with Crippen molar-refractivity contribution in [2.75, 3.05) is 7.11 Å². The molecule has 6 N–H and O–H groups in total. The number of imidazole rings is 1. The molecule has 2 aromatic carbocycles. The van der Waals surface area contributed by atoms with Crippen molar-refractivity contribution >= 4 is 27.8 Å². The third-order valence-corrected chi connectivity index (χ3v) is 4.35. The maximum Gasteiger partial charge on any atom is 0.433 e. The molecule has 0 unspecified atom stereocenters. The van der Waals surface area contributed by atoms with Crippen molar-refractivity contribution < 1.29 is 22.7 Å². The molecule has 0 spiro atoms. The molecule has 150 valence electrons. The smallest absolute Gasteiger partial charge is 0.433 e. The summed E-state index contributed by atoms with van der Waals surface area (Å²) in [6.07, 6.45) is -4.57. The highest BCUT2D eigenvalue weighted by Crippen LogP contribution is 2.36.